The van der Waals surface area contributed by atoms with E-state index in [4.69, 9.17) is 4.74 Å². The molecule has 2 aromatic carbocycles. The maximum Gasteiger partial charge on any atom is 0.471 e. The second-order valence-electron chi connectivity index (χ2n) is 5.89. The van der Waals surface area contributed by atoms with E-state index in [2.05, 4.69) is 19.0 Å². The molecular formula is C18H16F3N3O3S. The summed E-state index contributed by atoms with van der Waals surface area (Å²) in [6.45, 7) is 0.110. The molecule has 0 radical (unpaired) electrons. The lowest BCUT2D eigenvalue weighted by Gasteiger charge is -2.07. The van der Waals surface area contributed by atoms with Crippen LogP contribution in [0.4, 0.5) is 13.2 Å². The molecule has 148 valence electrons. The SMILES string of the molecule is COc1ccc(S(C)(=O)=NCc2cccc(-c3noc(C(F)(F)F)n3)c2)cc1. The van der Waals surface area contributed by atoms with Gasteiger partial charge in [-0.25, -0.2) is 8.57 Å². The first kappa shape index (κ1) is 19.9. The van der Waals surface area contributed by atoms with Crippen LogP contribution in [0.5, 0.6) is 5.75 Å². The average Bonchev–Trinajstić information content (AvgIpc) is 3.18. The van der Waals surface area contributed by atoms with Gasteiger partial charge in [0.15, 0.2) is 0 Å². The molecule has 0 saturated carbocycles. The number of nitrogens with zero attached hydrogens (tertiary/aromatic N) is 3. The monoisotopic (exact) mass is 411 g/mol. The van der Waals surface area contributed by atoms with Crippen LogP contribution in [-0.2, 0) is 22.5 Å². The van der Waals surface area contributed by atoms with Crippen LogP contribution in [0.2, 0.25) is 0 Å². The number of rotatable bonds is 5. The van der Waals surface area contributed by atoms with Crippen molar-refractivity contribution in [2.24, 2.45) is 4.36 Å². The molecule has 0 aliphatic rings. The van der Waals surface area contributed by atoms with E-state index in [0.29, 0.717) is 21.8 Å². The molecule has 10 heteroatoms. The molecule has 0 aliphatic carbocycles. The molecular weight excluding hydrogens is 395 g/mol. The van der Waals surface area contributed by atoms with Crippen LogP contribution < -0.4 is 4.74 Å². The van der Waals surface area contributed by atoms with E-state index in [0.717, 1.165) is 0 Å². The smallest absolute Gasteiger partial charge is 0.471 e. The molecule has 0 spiro atoms. The fourth-order valence-corrected chi connectivity index (χ4v) is 3.55. The fraction of sp³-hybridized carbons (Fsp3) is 0.222. The average molecular weight is 411 g/mol. The maximum atomic E-state index is 12.9. The van der Waals surface area contributed by atoms with Crippen LogP contribution in [0.1, 0.15) is 11.5 Å². The summed E-state index contributed by atoms with van der Waals surface area (Å²) in [4.78, 5) is 3.92. The Hall–Kier alpha value is -2.88. The summed E-state index contributed by atoms with van der Waals surface area (Å²) in [6, 6.07) is 13.2. The number of halogens is 3. The van der Waals surface area contributed by atoms with Crippen LogP contribution in [0.3, 0.4) is 0 Å². The van der Waals surface area contributed by atoms with Gasteiger partial charge in [0.25, 0.3) is 0 Å². The molecule has 0 aliphatic heterocycles. The van der Waals surface area contributed by atoms with Crippen LogP contribution in [0.25, 0.3) is 11.4 Å². The molecule has 3 aromatic rings. The third kappa shape index (κ3) is 4.50. The van der Waals surface area contributed by atoms with E-state index in [-0.39, 0.29) is 12.4 Å². The summed E-state index contributed by atoms with van der Waals surface area (Å²) >= 11 is 0. The number of hydrogen-bond donors (Lipinski definition) is 0. The van der Waals surface area contributed by atoms with Crippen LogP contribution in [0, 0.1) is 0 Å². The van der Waals surface area contributed by atoms with Gasteiger partial charge in [0.1, 0.15) is 5.75 Å². The highest BCUT2D eigenvalue weighted by Crippen LogP contribution is 2.29. The van der Waals surface area contributed by atoms with Crippen molar-refractivity contribution in [3.63, 3.8) is 0 Å². The Morgan fingerprint density at radius 2 is 1.89 bits per heavy atom. The summed E-state index contributed by atoms with van der Waals surface area (Å²) in [5, 5.41) is 3.36. The van der Waals surface area contributed by atoms with E-state index in [1.807, 2.05) is 0 Å². The Kier molecular flexibility index (Phi) is 5.41. The molecule has 28 heavy (non-hydrogen) atoms. The molecule has 6 nitrogen and oxygen atoms in total. The normalized spacial score (nSPS) is 13.8. The number of benzene rings is 2. The number of aromatic nitrogens is 2. The van der Waals surface area contributed by atoms with Crippen molar-refractivity contribution in [1.29, 1.82) is 0 Å². The van der Waals surface area contributed by atoms with E-state index < -0.39 is 21.8 Å². The summed E-state index contributed by atoms with van der Waals surface area (Å²) in [6.07, 6.45) is -3.18. The molecule has 3 rings (SSSR count). The predicted octanol–water partition coefficient (Wildman–Crippen LogP) is 4.42. The van der Waals surface area contributed by atoms with Crippen LogP contribution in [0.15, 0.2) is 62.3 Å². The number of hydrogen-bond acceptors (Lipinski definition) is 6. The Bertz CT molecular complexity index is 1090. The topological polar surface area (TPSA) is 77.6 Å². The highest BCUT2D eigenvalue weighted by molar-refractivity contribution is 7.93. The Balaban J connectivity index is 1.83. The molecule has 1 unspecified atom stereocenters. The highest BCUT2D eigenvalue weighted by atomic mass is 32.2. The van der Waals surface area contributed by atoms with Crippen molar-refractivity contribution in [3.8, 4) is 17.1 Å². The second kappa shape index (κ2) is 7.63. The van der Waals surface area contributed by atoms with Crippen molar-refractivity contribution >= 4 is 9.73 Å². The molecule has 0 bridgehead atoms. The fourth-order valence-electron chi connectivity index (χ4n) is 2.37. The van der Waals surface area contributed by atoms with Gasteiger partial charge < -0.3 is 9.26 Å². The Morgan fingerprint density at radius 1 is 1.18 bits per heavy atom. The highest BCUT2D eigenvalue weighted by Gasteiger charge is 2.38. The molecule has 0 amide bonds. The molecule has 0 N–H and O–H groups in total. The first-order chi connectivity index (χ1) is 13.2. The van der Waals surface area contributed by atoms with Gasteiger partial charge in [-0.2, -0.15) is 18.2 Å². The first-order valence-electron chi connectivity index (χ1n) is 8.01. The van der Waals surface area contributed by atoms with E-state index in [9.17, 15) is 17.4 Å². The van der Waals surface area contributed by atoms with E-state index in [1.54, 1.807) is 48.5 Å². The summed E-state index contributed by atoms with van der Waals surface area (Å²) in [5.74, 6) is -0.944. The van der Waals surface area contributed by atoms with Crippen molar-refractivity contribution in [1.82, 2.24) is 10.1 Å². The largest absolute Gasteiger partial charge is 0.497 e. The van der Waals surface area contributed by atoms with Crippen molar-refractivity contribution < 1.29 is 26.6 Å². The van der Waals surface area contributed by atoms with Gasteiger partial charge in [0.05, 0.1) is 23.4 Å². The minimum Gasteiger partial charge on any atom is -0.497 e. The zero-order valence-corrected chi connectivity index (χ0v) is 15.8. The summed E-state index contributed by atoms with van der Waals surface area (Å²) < 4.78 is 64.3. The van der Waals surface area contributed by atoms with E-state index >= 15 is 0 Å². The molecule has 1 aromatic heterocycles. The standard InChI is InChI=1S/C18H16F3N3O3S/c1-26-14-6-8-15(9-7-14)28(2,25)22-11-12-4-3-5-13(10-12)16-23-17(27-24-16)18(19,20)21/h3-10H,11H2,1-2H3. The second-order valence-corrected chi connectivity index (χ2v) is 8.22. The van der Waals surface area contributed by atoms with Crippen LogP contribution >= 0.6 is 0 Å². The number of alkyl halides is 3. The van der Waals surface area contributed by atoms with Gasteiger partial charge in [-0.05, 0) is 35.9 Å². The summed E-state index contributed by atoms with van der Waals surface area (Å²) in [7, 11) is -1.12. The first-order valence-corrected chi connectivity index (χ1v) is 9.93. The summed E-state index contributed by atoms with van der Waals surface area (Å²) in [5.41, 5.74) is 0.998. The number of ether oxygens (including phenoxy) is 1. The minimum atomic E-state index is -4.70. The number of methoxy groups -OCH3 is 1. The third-order valence-electron chi connectivity index (χ3n) is 3.84. The molecule has 1 heterocycles. The Morgan fingerprint density at radius 3 is 2.50 bits per heavy atom. The quantitative estimate of drug-likeness (QED) is 0.621. The lowest BCUT2D eigenvalue weighted by molar-refractivity contribution is -0.159. The third-order valence-corrected chi connectivity index (χ3v) is 5.61. The van der Waals surface area contributed by atoms with Gasteiger partial charge in [-0.1, -0.05) is 23.4 Å². The van der Waals surface area contributed by atoms with Crippen molar-refractivity contribution in [3.05, 3.63) is 60.0 Å². The minimum absolute atomic E-state index is 0.110. The maximum absolute atomic E-state index is 12.9. The van der Waals surface area contributed by atoms with Gasteiger partial charge in [0, 0.05) is 16.7 Å². The molecule has 0 fully saturated rings. The lowest BCUT2D eigenvalue weighted by Crippen LogP contribution is -2.04. The van der Waals surface area contributed by atoms with Gasteiger partial charge in [-0.15, -0.1) is 0 Å². The zero-order chi connectivity index (χ0) is 20.4. The van der Waals surface area contributed by atoms with Gasteiger partial charge in [-0.3, -0.25) is 0 Å². The lowest BCUT2D eigenvalue weighted by atomic mass is 10.1. The predicted molar refractivity (Wildman–Crippen MR) is 96.2 cm³/mol. The zero-order valence-electron chi connectivity index (χ0n) is 14.9. The van der Waals surface area contributed by atoms with Gasteiger partial charge >= 0.3 is 12.1 Å². The molecule has 1 atom stereocenters. The molecule has 0 saturated heterocycles. The van der Waals surface area contributed by atoms with Crippen molar-refractivity contribution in [2.75, 3.05) is 13.4 Å². The van der Waals surface area contributed by atoms with Gasteiger partial charge in [0.2, 0.25) is 5.82 Å². The van der Waals surface area contributed by atoms with E-state index in [1.165, 1.54) is 13.4 Å². The van der Waals surface area contributed by atoms with Crippen molar-refractivity contribution in [2.45, 2.75) is 17.6 Å². The van der Waals surface area contributed by atoms with Crippen LogP contribution in [-0.4, -0.2) is 27.7 Å². The Labute approximate surface area is 159 Å².